The Hall–Kier alpha value is -10.0. The van der Waals surface area contributed by atoms with Crippen molar-refractivity contribution in [2.45, 2.75) is 31.3 Å². The van der Waals surface area contributed by atoms with Crippen LogP contribution in [0.3, 0.4) is 0 Å². The molecule has 1 saturated heterocycles. The van der Waals surface area contributed by atoms with Crippen molar-refractivity contribution < 1.29 is 0 Å². The Labute approximate surface area is 494 Å². The van der Waals surface area contributed by atoms with Gasteiger partial charge < -0.3 is 14.7 Å². The summed E-state index contributed by atoms with van der Waals surface area (Å²) in [5.41, 5.74) is 24.6. The van der Waals surface area contributed by atoms with Crippen molar-refractivity contribution in [1.82, 2.24) is 10.6 Å². The molecule has 12 aromatic carbocycles. The van der Waals surface area contributed by atoms with Crippen LogP contribution >= 0.6 is 0 Å². The molecule has 0 radical (unpaired) electrons. The van der Waals surface area contributed by atoms with Gasteiger partial charge >= 0.3 is 0 Å². The maximum Gasteiger partial charge on any atom is 0.0835 e. The summed E-state index contributed by atoms with van der Waals surface area (Å²) in [6.07, 6.45) is 0.195. The summed E-state index contributed by atoms with van der Waals surface area (Å²) in [6, 6.07) is 113. The minimum atomic E-state index is -0.316. The zero-order chi connectivity index (χ0) is 56.4. The second-order valence-electron chi connectivity index (χ2n) is 22.6. The molecule has 0 aromatic heterocycles. The summed E-state index contributed by atoms with van der Waals surface area (Å²) in [7, 11) is 0. The van der Waals surface area contributed by atoms with E-state index in [1.165, 1.54) is 78.1 Å². The van der Waals surface area contributed by atoms with Gasteiger partial charge in [-0.2, -0.15) is 0 Å². The molecule has 14 rings (SSSR count). The molecule has 0 saturated carbocycles. The molecule has 0 bridgehead atoms. The second kappa shape index (κ2) is 22.7. The number of rotatable bonds is 13. The Balaban J connectivity index is 0.714. The number of anilines is 9. The van der Waals surface area contributed by atoms with Crippen molar-refractivity contribution in [3.05, 3.63) is 332 Å². The molecule has 0 atom stereocenters. The highest BCUT2D eigenvalue weighted by Crippen LogP contribution is 2.54. The number of benzene rings is 12. The molecule has 1 fully saturated rings. The summed E-state index contributed by atoms with van der Waals surface area (Å²) in [6.45, 7) is 6.66. The number of nitrogens with zero attached hydrogens (tertiary/aromatic N) is 3. The van der Waals surface area contributed by atoms with E-state index in [-0.39, 0.29) is 11.6 Å². The summed E-state index contributed by atoms with van der Waals surface area (Å²) in [4.78, 5) is 7.10. The SMILES string of the molecule is CC1(C)c2cc(-c3ccc(N(c4ccccc4)c4ccccc4)cc3)ccc2N(c2ccccc2)c2ccc(-c3ccc(N(c4ccccc4)c4ccc(-c5ccc(-c6ccc(C7CNC(c8ccccc8)NC7)cc6)cc5)cc4)cc3)cc21. The number of hydrogen-bond donors (Lipinski definition) is 2. The van der Waals surface area contributed by atoms with Gasteiger partial charge in [-0.1, -0.05) is 214 Å². The molecule has 12 aromatic rings. The molecule has 2 heterocycles. The minimum Gasteiger partial charge on any atom is -0.311 e. The Morgan fingerprint density at radius 3 is 0.988 bits per heavy atom. The number of para-hydroxylation sites is 4. The monoisotopic (exact) mass is 1080 g/mol. The Morgan fingerprint density at radius 2 is 0.607 bits per heavy atom. The lowest BCUT2D eigenvalue weighted by atomic mass is 9.72. The van der Waals surface area contributed by atoms with Crippen LogP contribution < -0.4 is 25.3 Å². The summed E-state index contributed by atoms with van der Waals surface area (Å²) >= 11 is 0. The molecule has 406 valence electrons. The van der Waals surface area contributed by atoms with Gasteiger partial charge in [0.15, 0.2) is 0 Å². The van der Waals surface area contributed by atoms with Crippen molar-refractivity contribution >= 4 is 51.2 Å². The van der Waals surface area contributed by atoms with Gasteiger partial charge in [0.1, 0.15) is 0 Å². The molecule has 84 heavy (non-hydrogen) atoms. The van der Waals surface area contributed by atoms with Gasteiger partial charge in [-0.3, -0.25) is 10.6 Å². The standard InChI is InChI=1S/C79H65N5/c1-79(2)74-52-64(60-38-46-71(47-39-60)82(67-20-10-4-11-21-67)68-22-12-5-13-23-68)42-50-76(74)84(70-26-16-7-17-27-70)77-51-43-65(53-75(77)79)61-40-48-73(49-41-61)83(69-24-14-6-15-25-69)72-44-36-59(37-45-72)58-30-28-56(29-31-58)57-32-34-62(35-33-57)66-54-80-78(81-55-66)63-18-8-3-9-19-63/h3-53,66,78,80-81H,54-55H2,1-2H3. The van der Waals surface area contributed by atoms with E-state index in [4.69, 9.17) is 0 Å². The fourth-order valence-corrected chi connectivity index (χ4v) is 12.6. The predicted molar refractivity (Wildman–Crippen MR) is 352 cm³/mol. The van der Waals surface area contributed by atoms with Crippen LogP contribution in [-0.4, -0.2) is 13.1 Å². The maximum absolute atomic E-state index is 3.70. The normalized spacial score (nSPS) is 15.1. The Kier molecular flexibility index (Phi) is 14.1. The number of nitrogens with one attached hydrogen (secondary N) is 2. The molecule has 2 aliphatic rings. The van der Waals surface area contributed by atoms with Crippen molar-refractivity contribution in [2.24, 2.45) is 0 Å². The van der Waals surface area contributed by atoms with Gasteiger partial charge in [-0.15, -0.1) is 0 Å². The number of fused-ring (bicyclic) bond motifs is 2. The average molecular weight is 1080 g/mol. The summed E-state index contributed by atoms with van der Waals surface area (Å²) in [5, 5.41) is 7.40. The van der Waals surface area contributed by atoms with Crippen LogP contribution in [0.25, 0.3) is 44.5 Å². The van der Waals surface area contributed by atoms with Crippen LogP contribution in [0.2, 0.25) is 0 Å². The molecular weight excluding hydrogens is 1020 g/mol. The topological polar surface area (TPSA) is 33.8 Å². The van der Waals surface area contributed by atoms with Crippen LogP contribution in [0.4, 0.5) is 51.2 Å². The fraction of sp³-hybridized carbons (Fsp3) is 0.0886. The van der Waals surface area contributed by atoms with E-state index in [1.54, 1.807) is 0 Å². The largest absolute Gasteiger partial charge is 0.311 e. The van der Waals surface area contributed by atoms with Crippen LogP contribution in [0.15, 0.2) is 309 Å². The van der Waals surface area contributed by atoms with E-state index in [0.717, 1.165) is 52.9 Å². The minimum absolute atomic E-state index is 0.195. The average Bonchev–Trinajstić information content (AvgIpc) is 3.01. The lowest BCUT2D eigenvalue weighted by molar-refractivity contribution is 0.348. The molecule has 2 N–H and O–H groups in total. The van der Waals surface area contributed by atoms with E-state index in [0.29, 0.717) is 5.92 Å². The molecule has 5 heteroatoms. The van der Waals surface area contributed by atoms with Crippen LogP contribution in [-0.2, 0) is 5.41 Å². The first-order chi connectivity index (χ1) is 41.4. The first-order valence-electron chi connectivity index (χ1n) is 29.3. The molecule has 2 aliphatic heterocycles. The van der Waals surface area contributed by atoms with E-state index in [2.05, 4.69) is 349 Å². The van der Waals surface area contributed by atoms with Crippen LogP contribution in [0, 0.1) is 0 Å². The van der Waals surface area contributed by atoms with Gasteiger partial charge in [0.25, 0.3) is 0 Å². The summed E-state index contributed by atoms with van der Waals surface area (Å²) in [5.74, 6) is 0.425. The van der Waals surface area contributed by atoms with E-state index < -0.39 is 0 Å². The zero-order valence-electron chi connectivity index (χ0n) is 47.4. The molecule has 5 nitrogen and oxygen atoms in total. The smallest absolute Gasteiger partial charge is 0.0835 e. The van der Waals surface area contributed by atoms with E-state index in [1.807, 2.05) is 0 Å². The highest BCUT2D eigenvalue weighted by Gasteiger charge is 2.38. The highest BCUT2D eigenvalue weighted by atomic mass is 15.2. The third kappa shape index (κ3) is 10.3. The van der Waals surface area contributed by atoms with Gasteiger partial charge in [-0.25, -0.2) is 0 Å². The van der Waals surface area contributed by atoms with Gasteiger partial charge in [0.05, 0.1) is 17.5 Å². The molecule has 0 unspecified atom stereocenters. The fourth-order valence-electron chi connectivity index (χ4n) is 12.6. The molecular formula is C79H65N5. The molecule has 0 aliphatic carbocycles. The zero-order valence-corrected chi connectivity index (χ0v) is 47.4. The quantitative estimate of drug-likeness (QED) is 0.120. The first kappa shape index (κ1) is 52.1. The van der Waals surface area contributed by atoms with Crippen LogP contribution in [0.5, 0.6) is 0 Å². The van der Waals surface area contributed by atoms with Crippen LogP contribution in [0.1, 0.15) is 48.2 Å². The third-order valence-corrected chi connectivity index (χ3v) is 17.1. The first-order valence-corrected chi connectivity index (χ1v) is 29.3. The maximum atomic E-state index is 3.70. The van der Waals surface area contributed by atoms with Gasteiger partial charge in [-0.05, 0) is 176 Å². The van der Waals surface area contributed by atoms with E-state index in [9.17, 15) is 0 Å². The predicted octanol–water partition coefficient (Wildman–Crippen LogP) is 20.4. The van der Waals surface area contributed by atoms with Crippen molar-refractivity contribution in [2.75, 3.05) is 27.8 Å². The Bertz CT molecular complexity index is 4130. The second-order valence-corrected chi connectivity index (χ2v) is 22.6. The van der Waals surface area contributed by atoms with Crippen molar-refractivity contribution in [3.8, 4) is 44.5 Å². The van der Waals surface area contributed by atoms with Crippen molar-refractivity contribution in [3.63, 3.8) is 0 Å². The number of hydrogen-bond acceptors (Lipinski definition) is 5. The lowest BCUT2D eigenvalue weighted by Gasteiger charge is -2.42. The van der Waals surface area contributed by atoms with Gasteiger partial charge in [0.2, 0.25) is 0 Å². The third-order valence-electron chi connectivity index (χ3n) is 17.1. The molecule has 0 amide bonds. The van der Waals surface area contributed by atoms with E-state index >= 15 is 0 Å². The molecule has 0 spiro atoms. The summed E-state index contributed by atoms with van der Waals surface area (Å²) < 4.78 is 0. The van der Waals surface area contributed by atoms with Gasteiger partial charge in [0, 0.05) is 64.2 Å². The lowest BCUT2D eigenvalue weighted by Crippen LogP contribution is -2.45. The Morgan fingerprint density at radius 1 is 0.310 bits per heavy atom. The van der Waals surface area contributed by atoms with Crippen molar-refractivity contribution in [1.29, 1.82) is 0 Å². The highest BCUT2D eigenvalue weighted by molar-refractivity contribution is 5.90.